The molecular weight excluding hydrogens is 340 g/mol. The molecule has 2 aromatic carbocycles. The molecule has 0 aliphatic carbocycles. The lowest BCUT2D eigenvalue weighted by molar-refractivity contribution is -0.155. The van der Waals surface area contributed by atoms with Crippen LogP contribution in [0.25, 0.3) is 0 Å². The molecule has 0 unspecified atom stereocenters. The topological polar surface area (TPSA) is 116 Å². The number of carbonyl (C=O) groups excluding carboxylic acids is 1. The van der Waals surface area contributed by atoms with Crippen molar-refractivity contribution in [3.8, 4) is 28.7 Å². The molecule has 26 heavy (non-hydrogen) atoms. The van der Waals surface area contributed by atoms with Gasteiger partial charge in [-0.15, -0.1) is 0 Å². The van der Waals surface area contributed by atoms with Crippen LogP contribution < -0.4 is 4.74 Å². The molecule has 0 saturated carbocycles. The Labute approximate surface area is 150 Å². The number of carbonyl (C=O) groups is 1. The van der Waals surface area contributed by atoms with Crippen LogP contribution in [-0.2, 0) is 16.0 Å². The first-order valence-corrected chi connectivity index (χ1v) is 8.32. The number of phenolic OH excluding ortho intramolecular Hbond substituents is 4. The second kappa shape index (κ2) is 7.03. The van der Waals surface area contributed by atoms with Crippen molar-refractivity contribution in [1.29, 1.82) is 0 Å². The van der Waals surface area contributed by atoms with Gasteiger partial charge in [0.25, 0.3) is 0 Å². The van der Waals surface area contributed by atoms with Gasteiger partial charge in [-0.1, -0.05) is 19.1 Å². The quantitative estimate of drug-likeness (QED) is 0.489. The number of phenols is 4. The third kappa shape index (κ3) is 3.33. The lowest BCUT2D eigenvalue weighted by atomic mass is 9.93. The van der Waals surface area contributed by atoms with Gasteiger partial charge in [-0.05, 0) is 24.6 Å². The number of hydrogen-bond acceptors (Lipinski definition) is 7. The van der Waals surface area contributed by atoms with Gasteiger partial charge in [0.15, 0.2) is 29.1 Å². The van der Waals surface area contributed by atoms with E-state index in [1.54, 1.807) is 6.07 Å². The smallest absolute Gasteiger partial charge is 0.306 e. The van der Waals surface area contributed by atoms with Crippen LogP contribution in [0.1, 0.15) is 37.0 Å². The van der Waals surface area contributed by atoms with Gasteiger partial charge >= 0.3 is 5.97 Å². The monoisotopic (exact) mass is 360 g/mol. The summed E-state index contributed by atoms with van der Waals surface area (Å²) in [6.45, 7) is 1.87. The number of benzene rings is 2. The van der Waals surface area contributed by atoms with Crippen molar-refractivity contribution in [2.24, 2.45) is 0 Å². The van der Waals surface area contributed by atoms with Crippen molar-refractivity contribution < 1.29 is 34.7 Å². The molecule has 0 radical (unpaired) electrons. The molecule has 1 aliphatic rings. The molecule has 138 valence electrons. The summed E-state index contributed by atoms with van der Waals surface area (Å²) < 4.78 is 11.4. The molecule has 7 heteroatoms. The number of fused-ring (bicyclic) bond motifs is 1. The zero-order valence-corrected chi connectivity index (χ0v) is 14.2. The van der Waals surface area contributed by atoms with Crippen LogP contribution in [0, 0.1) is 0 Å². The van der Waals surface area contributed by atoms with Crippen molar-refractivity contribution in [3.05, 3.63) is 41.5 Å². The first kappa shape index (κ1) is 17.7. The summed E-state index contributed by atoms with van der Waals surface area (Å²) in [7, 11) is 0. The molecular formula is C19H20O7. The fourth-order valence-electron chi connectivity index (χ4n) is 2.96. The third-order valence-corrected chi connectivity index (χ3v) is 4.26. The minimum Gasteiger partial charge on any atom is -0.504 e. The number of rotatable bonds is 4. The highest BCUT2D eigenvalue weighted by Gasteiger charge is 2.36. The molecule has 1 aliphatic heterocycles. The maximum absolute atomic E-state index is 12.0. The van der Waals surface area contributed by atoms with Crippen LogP contribution in [0.3, 0.4) is 0 Å². The first-order valence-electron chi connectivity index (χ1n) is 8.32. The molecule has 1 heterocycles. The van der Waals surface area contributed by atoms with Gasteiger partial charge in [0.1, 0.15) is 6.10 Å². The lowest BCUT2D eigenvalue weighted by Gasteiger charge is -2.34. The molecule has 4 N–H and O–H groups in total. The second-order valence-corrected chi connectivity index (χ2v) is 6.19. The summed E-state index contributed by atoms with van der Waals surface area (Å²) in [5, 5.41) is 39.1. The summed E-state index contributed by atoms with van der Waals surface area (Å²) in [4.78, 5) is 12.0. The summed E-state index contributed by atoms with van der Waals surface area (Å²) in [5.74, 6) is -1.61. The number of aromatic hydroxyl groups is 4. The molecule has 0 bridgehead atoms. The standard InChI is InChI=1S/C19H20O7/c1-2-3-16(23)25-15-9-11-5-7-13(21)17(24)19(11)26-18(15)10-4-6-12(20)14(22)8-10/h4-8,15,18,20-22,24H,2-3,9H2,1H3/t15-,18+/m1/s1. The van der Waals surface area contributed by atoms with E-state index in [4.69, 9.17) is 9.47 Å². The average molecular weight is 360 g/mol. The number of ether oxygens (including phenoxy) is 2. The minimum atomic E-state index is -0.817. The van der Waals surface area contributed by atoms with Crippen molar-refractivity contribution >= 4 is 5.97 Å². The summed E-state index contributed by atoms with van der Waals surface area (Å²) in [6, 6.07) is 7.08. The Morgan fingerprint density at radius 3 is 2.54 bits per heavy atom. The maximum atomic E-state index is 12.0. The number of hydrogen-bond donors (Lipinski definition) is 4. The highest BCUT2D eigenvalue weighted by atomic mass is 16.6. The van der Waals surface area contributed by atoms with Crippen molar-refractivity contribution in [2.75, 3.05) is 0 Å². The minimum absolute atomic E-state index is 0.102. The van der Waals surface area contributed by atoms with Gasteiger partial charge in [0, 0.05) is 24.0 Å². The summed E-state index contributed by atoms with van der Waals surface area (Å²) in [6.07, 6.45) is -0.331. The lowest BCUT2D eigenvalue weighted by Crippen LogP contribution is -2.34. The fourth-order valence-corrected chi connectivity index (χ4v) is 2.96. The van der Waals surface area contributed by atoms with Crippen LogP contribution in [0.15, 0.2) is 30.3 Å². The van der Waals surface area contributed by atoms with Gasteiger partial charge < -0.3 is 29.9 Å². The predicted octanol–water partition coefficient (Wildman–Crippen LogP) is 2.90. The van der Waals surface area contributed by atoms with Crippen molar-refractivity contribution in [3.63, 3.8) is 0 Å². The van der Waals surface area contributed by atoms with Crippen LogP contribution in [0.4, 0.5) is 0 Å². The zero-order valence-electron chi connectivity index (χ0n) is 14.2. The Morgan fingerprint density at radius 2 is 1.85 bits per heavy atom. The molecule has 2 aromatic rings. The Hall–Kier alpha value is -3.09. The Kier molecular flexibility index (Phi) is 4.79. The largest absolute Gasteiger partial charge is 0.504 e. The van der Waals surface area contributed by atoms with Gasteiger partial charge in [-0.25, -0.2) is 0 Å². The van der Waals surface area contributed by atoms with Gasteiger partial charge in [-0.3, -0.25) is 4.79 Å². The van der Waals surface area contributed by atoms with Crippen LogP contribution in [-0.4, -0.2) is 32.5 Å². The van der Waals surface area contributed by atoms with Gasteiger partial charge in [0.2, 0.25) is 5.75 Å². The van der Waals surface area contributed by atoms with Crippen molar-refractivity contribution in [1.82, 2.24) is 0 Å². The van der Waals surface area contributed by atoms with E-state index in [0.29, 0.717) is 17.5 Å². The molecule has 2 atom stereocenters. The average Bonchev–Trinajstić information content (AvgIpc) is 2.61. The van der Waals surface area contributed by atoms with E-state index in [9.17, 15) is 25.2 Å². The van der Waals surface area contributed by atoms with E-state index in [1.165, 1.54) is 24.3 Å². The number of esters is 1. The van der Waals surface area contributed by atoms with E-state index in [1.807, 2.05) is 6.92 Å². The molecule has 7 nitrogen and oxygen atoms in total. The van der Waals surface area contributed by atoms with E-state index in [0.717, 1.165) is 0 Å². The molecule has 0 saturated heterocycles. The van der Waals surface area contributed by atoms with E-state index < -0.39 is 18.0 Å². The SMILES string of the molecule is CCCC(=O)O[C@@H]1Cc2ccc(O)c(O)c2O[C@H]1c1ccc(O)c(O)c1. The van der Waals surface area contributed by atoms with Crippen LogP contribution >= 0.6 is 0 Å². The van der Waals surface area contributed by atoms with Crippen LogP contribution in [0.2, 0.25) is 0 Å². The zero-order chi connectivity index (χ0) is 18.8. The van der Waals surface area contributed by atoms with Crippen molar-refractivity contribution in [2.45, 2.75) is 38.4 Å². The Morgan fingerprint density at radius 1 is 1.12 bits per heavy atom. The molecule has 3 rings (SSSR count). The third-order valence-electron chi connectivity index (χ3n) is 4.26. The van der Waals surface area contributed by atoms with Crippen LogP contribution in [0.5, 0.6) is 28.7 Å². The van der Waals surface area contributed by atoms with Gasteiger partial charge in [0.05, 0.1) is 0 Å². The summed E-state index contributed by atoms with van der Waals surface area (Å²) in [5.41, 5.74) is 1.05. The first-order chi connectivity index (χ1) is 12.4. The second-order valence-electron chi connectivity index (χ2n) is 6.19. The summed E-state index contributed by atoms with van der Waals surface area (Å²) >= 11 is 0. The molecule has 0 amide bonds. The predicted molar refractivity (Wildman–Crippen MR) is 91.4 cm³/mol. The molecule has 0 spiro atoms. The highest BCUT2D eigenvalue weighted by molar-refractivity contribution is 5.69. The van der Waals surface area contributed by atoms with E-state index in [-0.39, 0.29) is 41.8 Å². The highest BCUT2D eigenvalue weighted by Crippen LogP contribution is 2.46. The Balaban J connectivity index is 2.00. The fraction of sp³-hybridized carbons (Fsp3) is 0.316. The van der Waals surface area contributed by atoms with E-state index in [2.05, 4.69) is 0 Å². The maximum Gasteiger partial charge on any atom is 0.306 e. The molecule has 0 aromatic heterocycles. The normalized spacial score (nSPS) is 18.7. The Bertz CT molecular complexity index is 831. The molecule has 0 fully saturated rings. The van der Waals surface area contributed by atoms with Gasteiger partial charge in [-0.2, -0.15) is 0 Å². The van der Waals surface area contributed by atoms with E-state index >= 15 is 0 Å².